The van der Waals surface area contributed by atoms with Crippen LogP contribution in [0.1, 0.15) is 5.69 Å². The van der Waals surface area contributed by atoms with Gasteiger partial charge in [0.05, 0.1) is 7.11 Å². The molecule has 3 heteroatoms. The summed E-state index contributed by atoms with van der Waals surface area (Å²) in [6, 6.07) is 5.62. The Hall–Kier alpha value is -1.77. The van der Waals surface area contributed by atoms with Gasteiger partial charge in [0, 0.05) is 28.4 Å². The predicted octanol–water partition coefficient (Wildman–Crippen LogP) is 2.13. The summed E-state index contributed by atoms with van der Waals surface area (Å²) in [5, 5.41) is 1.99. The van der Waals surface area contributed by atoms with Crippen LogP contribution >= 0.6 is 0 Å². The third-order valence-electron chi connectivity index (χ3n) is 2.33. The molecule has 72 valence electrons. The maximum atomic E-state index is 5.87. The molecule has 0 fully saturated rings. The van der Waals surface area contributed by atoms with Gasteiger partial charge in [-0.05, 0) is 25.1 Å². The number of pyridine rings is 1. The zero-order chi connectivity index (χ0) is 10.1. The summed E-state index contributed by atoms with van der Waals surface area (Å²) in [5.74, 6) is 0.819. The van der Waals surface area contributed by atoms with Crippen LogP contribution in [0.3, 0.4) is 0 Å². The summed E-state index contributed by atoms with van der Waals surface area (Å²) in [6.07, 6.45) is 1.76. The van der Waals surface area contributed by atoms with Gasteiger partial charge in [0.25, 0.3) is 0 Å². The van der Waals surface area contributed by atoms with Crippen LogP contribution < -0.4 is 10.5 Å². The number of nitrogen functional groups attached to an aromatic ring is 1. The Morgan fingerprint density at radius 3 is 2.79 bits per heavy atom. The van der Waals surface area contributed by atoms with Crippen LogP contribution in [-0.4, -0.2) is 12.1 Å². The van der Waals surface area contributed by atoms with E-state index in [0.29, 0.717) is 0 Å². The second-order valence-corrected chi connectivity index (χ2v) is 3.18. The number of rotatable bonds is 1. The van der Waals surface area contributed by atoms with Gasteiger partial charge < -0.3 is 10.5 Å². The minimum absolute atomic E-state index is 0.756. The molecular weight excluding hydrogens is 176 g/mol. The van der Waals surface area contributed by atoms with Gasteiger partial charge in [-0.2, -0.15) is 0 Å². The third-order valence-corrected chi connectivity index (χ3v) is 2.33. The van der Waals surface area contributed by atoms with E-state index < -0.39 is 0 Å². The largest absolute Gasteiger partial charge is 0.496 e. The van der Waals surface area contributed by atoms with Crippen molar-refractivity contribution in [2.45, 2.75) is 6.92 Å². The van der Waals surface area contributed by atoms with Gasteiger partial charge in [-0.1, -0.05) is 0 Å². The molecule has 0 aliphatic heterocycles. The summed E-state index contributed by atoms with van der Waals surface area (Å²) in [5.41, 5.74) is 7.56. The number of nitrogens with two attached hydrogens (primary N) is 1. The first-order valence-electron chi connectivity index (χ1n) is 4.42. The van der Waals surface area contributed by atoms with E-state index in [1.807, 2.05) is 25.1 Å². The molecule has 0 saturated carbocycles. The molecule has 2 rings (SSSR count). The van der Waals surface area contributed by atoms with Crippen molar-refractivity contribution < 1.29 is 4.74 Å². The Morgan fingerprint density at radius 1 is 1.29 bits per heavy atom. The Morgan fingerprint density at radius 2 is 2.07 bits per heavy atom. The molecule has 0 aliphatic rings. The number of fused-ring (bicyclic) bond motifs is 1. The first-order chi connectivity index (χ1) is 6.74. The van der Waals surface area contributed by atoms with E-state index in [4.69, 9.17) is 10.5 Å². The van der Waals surface area contributed by atoms with Crippen LogP contribution in [0.2, 0.25) is 0 Å². The fourth-order valence-corrected chi connectivity index (χ4v) is 1.63. The van der Waals surface area contributed by atoms with Crippen molar-refractivity contribution in [1.82, 2.24) is 4.98 Å². The zero-order valence-electron chi connectivity index (χ0n) is 8.24. The van der Waals surface area contributed by atoms with Crippen LogP contribution in [0, 0.1) is 6.92 Å². The standard InChI is InChI=1S/C11H12N2O/c1-7-11-8(5-6-13-7)9(12)3-4-10(11)14-2/h3-6H,12H2,1-2H3. The predicted molar refractivity (Wildman–Crippen MR) is 57.4 cm³/mol. The molecule has 0 atom stereocenters. The van der Waals surface area contributed by atoms with Gasteiger partial charge in [0.15, 0.2) is 0 Å². The van der Waals surface area contributed by atoms with Crippen molar-refractivity contribution >= 4 is 16.5 Å². The fraction of sp³-hybridized carbons (Fsp3) is 0.182. The minimum atomic E-state index is 0.756. The average molecular weight is 188 g/mol. The van der Waals surface area contributed by atoms with E-state index in [-0.39, 0.29) is 0 Å². The highest BCUT2D eigenvalue weighted by Gasteiger charge is 2.06. The number of hydrogen-bond acceptors (Lipinski definition) is 3. The monoisotopic (exact) mass is 188 g/mol. The molecule has 0 unspecified atom stereocenters. The first kappa shape index (κ1) is 8.81. The number of methoxy groups -OCH3 is 1. The topological polar surface area (TPSA) is 48.1 Å². The van der Waals surface area contributed by atoms with Gasteiger partial charge in [-0.25, -0.2) is 0 Å². The van der Waals surface area contributed by atoms with E-state index in [1.54, 1.807) is 13.3 Å². The number of nitrogens with zero attached hydrogens (tertiary/aromatic N) is 1. The third kappa shape index (κ3) is 1.18. The lowest BCUT2D eigenvalue weighted by molar-refractivity contribution is 0.419. The summed E-state index contributed by atoms with van der Waals surface area (Å²) in [7, 11) is 1.65. The highest BCUT2D eigenvalue weighted by molar-refractivity contribution is 5.98. The maximum Gasteiger partial charge on any atom is 0.128 e. The molecule has 1 aromatic heterocycles. The number of hydrogen-bond donors (Lipinski definition) is 1. The lowest BCUT2D eigenvalue weighted by Gasteiger charge is -2.08. The van der Waals surface area contributed by atoms with Crippen molar-refractivity contribution in [3.63, 3.8) is 0 Å². The Bertz CT molecular complexity index is 480. The number of aryl methyl sites for hydroxylation is 1. The van der Waals surface area contributed by atoms with E-state index in [0.717, 1.165) is 27.9 Å². The maximum absolute atomic E-state index is 5.87. The van der Waals surface area contributed by atoms with Crippen LogP contribution in [0.4, 0.5) is 5.69 Å². The van der Waals surface area contributed by atoms with E-state index in [9.17, 15) is 0 Å². The van der Waals surface area contributed by atoms with Gasteiger partial charge in [0.2, 0.25) is 0 Å². The average Bonchev–Trinajstić information content (AvgIpc) is 2.20. The van der Waals surface area contributed by atoms with Crippen molar-refractivity contribution in [1.29, 1.82) is 0 Å². The molecule has 2 aromatic rings. The van der Waals surface area contributed by atoms with Crippen molar-refractivity contribution in [3.8, 4) is 5.75 Å². The van der Waals surface area contributed by atoms with Gasteiger partial charge in [-0.15, -0.1) is 0 Å². The number of ether oxygens (including phenoxy) is 1. The molecule has 1 aromatic carbocycles. The van der Waals surface area contributed by atoms with E-state index in [1.165, 1.54) is 0 Å². The smallest absolute Gasteiger partial charge is 0.128 e. The number of aromatic nitrogens is 1. The fourth-order valence-electron chi connectivity index (χ4n) is 1.63. The molecule has 0 spiro atoms. The molecular formula is C11H12N2O. The molecule has 0 bridgehead atoms. The lowest BCUT2D eigenvalue weighted by Crippen LogP contribution is -1.93. The van der Waals surface area contributed by atoms with Crippen LogP contribution in [0.15, 0.2) is 24.4 Å². The van der Waals surface area contributed by atoms with Crippen LogP contribution in [0.5, 0.6) is 5.75 Å². The summed E-state index contributed by atoms with van der Waals surface area (Å²) < 4.78 is 5.27. The lowest BCUT2D eigenvalue weighted by atomic mass is 10.1. The van der Waals surface area contributed by atoms with Crippen molar-refractivity contribution in [3.05, 3.63) is 30.1 Å². The zero-order valence-corrected chi connectivity index (χ0v) is 8.24. The Labute approximate surface area is 82.5 Å². The highest BCUT2D eigenvalue weighted by Crippen LogP contribution is 2.31. The SMILES string of the molecule is COc1ccc(N)c2ccnc(C)c12. The highest BCUT2D eigenvalue weighted by atomic mass is 16.5. The molecule has 3 nitrogen and oxygen atoms in total. The van der Waals surface area contributed by atoms with Crippen molar-refractivity contribution in [2.24, 2.45) is 0 Å². The second kappa shape index (κ2) is 3.18. The molecule has 0 radical (unpaired) electrons. The second-order valence-electron chi connectivity index (χ2n) is 3.18. The number of benzene rings is 1. The quantitative estimate of drug-likeness (QED) is 0.697. The Balaban J connectivity index is 2.92. The number of anilines is 1. The van der Waals surface area contributed by atoms with E-state index >= 15 is 0 Å². The van der Waals surface area contributed by atoms with Crippen LogP contribution in [-0.2, 0) is 0 Å². The normalized spacial score (nSPS) is 10.4. The summed E-state index contributed by atoms with van der Waals surface area (Å²) in [4.78, 5) is 4.22. The molecule has 0 amide bonds. The molecule has 1 heterocycles. The minimum Gasteiger partial charge on any atom is -0.496 e. The Kier molecular flexibility index (Phi) is 2.00. The molecule has 2 N–H and O–H groups in total. The molecule has 0 saturated heterocycles. The first-order valence-corrected chi connectivity index (χ1v) is 4.42. The van der Waals surface area contributed by atoms with Gasteiger partial charge >= 0.3 is 0 Å². The summed E-state index contributed by atoms with van der Waals surface area (Å²) >= 11 is 0. The molecule has 14 heavy (non-hydrogen) atoms. The van der Waals surface area contributed by atoms with E-state index in [2.05, 4.69) is 4.98 Å². The van der Waals surface area contributed by atoms with Crippen molar-refractivity contribution in [2.75, 3.05) is 12.8 Å². The van der Waals surface area contributed by atoms with Crippen LogP contribution in [0.25, 0.3) is 10.8 Å². The van der Waals surface area contributed by atoms with Gasteiger partial charge in [0.1, 0.15) is 5.75 Å². The van der Waals surface area contributed by atoms with Gasteiger partial charge in [-0.3, -0.25) is 4.98 Å². The summed E-state index contributed by atoms with van der Waals surface area (Å²) in [6.45, 7) is 1.95. The molecule has 0 aliphatic carbocycles.